The molecule has 3 aliphatic rings. The van der Waals surface area contributed by atoms with Crippen LogP contribution in [0.25, 0.3) is 0 Å². The van der Waals surface area contributed by atoms with Gasteiger partial charge in [-0.15, -0.1) is 0 Å². The first-order valence-electron chi connectivity index (χ1n) is 8.95. The molecule has 0 aromatic heterocycles. The average Bonchev–Trinajstić information content (AvgIpc) is 3.28. The molecular formula is C21H16O7. The first-order valence-corrected chi connectivity index (χ1v) is 8.95. The van der Waals surface area contributed by atoms with E-state index in [0.717, 1.165) is 11.1 Å². The summed E-state index contributed by atoms with van der Waals surface area (Å²) in [4.78, 5) is 36.7. The van der Waals surface area contributed by atoms with Crippen molar-refractivity contribution < 1.29 is 33.3 Å². The summed E-state index contributed by atoms with van der Waals surface area (Å²) in [5, 5.41) is 0. The maximum Gasteiger partial charge on any atom is 0.310 e. The summed E-state index contributed by atoms with van der Waals surface area (Å²) in [7, 11) is 0. The molecule has 7 heteroatoms. The van der Waals surface area contributed by atoms with Gasteiger partial charge < -0.3 is 18.9 Å². The molecule has 0 unspecified atom stereocenters. The molecule has 2 aromatic rings. The molecule has 0 N–H and O–H groups in total. The predicted octanol–water partition coefficient (Wildman–Crippen LogP) is 2.46. The van der Waals surface area contributed by atoms with Gasteiger partial charge in [0.05, 0.1) is 11.8 Å². The third kappa shape index (κ3) is 2.46. The van der Waals surface area contributed by atoms with E-state index in [-0.39, 0.29) is 31.1 Å². The van der Waals surface area contributed by atoms with Crippen LogP contribution in [0.1, 0.15) is 34.3 Å². The normalized spacial score (nSPS) is 24.4. The Hall–Kier alpha value is -3.35. The lowest BCUT2D eigenvalue weighted by atomic mass is 9.67. The second-order valence-electron chi connectivity index (χ2n) is 7.06. The van der Waals surface area contributed by atoms with Crippen molar-refractivity contribution in [2.24, 2.45) is 11.8 Å². The molecule has 3 atom stereocenters. The smallest absolute Gasteiger partial charge is 0.310 e. The molecule has 2 heterocycles. The third-order valence-electron chi connectivity index (χ3n) is 5.45. The van der Waals surface area contributed by atoms with Crippen molar-refractivity contribution in [3.63, 3.8) is 0 Å². The Kier molecular flexibility index (Phi) is 3.65. The van der Waals surface area contributed by atoms with Gasteiger partial charge >= 0.3 is 11.9 Å². The standard InChI is InChI=1S/C21H16O7/c1-10(22)28-12-4-2-11(3-5-12)18-13-6-16-17(27-9-26-16)7-14(13)20(23)15-8-25-21(24)19(15)18/h2-7,15,18-19H,8-9H2,1H3/t15-,18-,19-/m1/s1. The Bertz CT molecular complexity index is 1010. The monoisotopic (exact) mass is 380 g/mol. The van der Waals surface area contributed by atoms with Crippen molar-refractivity contribution >= 4 is 17.7 Å². The fraction of sp³-hybridized carbons (Fsp3) is 0.286. The van der Waals surface area contributed by atoms with E-state index in [1.165, 1.54) is 6.92 Å². The Labute approximate surface area is 160 Å². The third-order valence-corrected chi connectivity index (χ3v) is 5.45. The maximum absolute atomic E-state index is 13.0. The van der Waals surface area contributed by atoms with E-state index in [9.17, 15) is 14.4 Å². The fourth-order valence-corrected chi connectivity index (χ4v) is 4.26. The number of ether oxygens (including phenoxy) is 4. The molecule has 0 spiro atoms. The van der Waals surface area contributed by atoms with Gasteiger partial charge in [-0.25, -0.2) is 0 Å². The van der Waals surface area contributed by atoms with E-state index in [0.29, 0.717) is 22.8 Å². The van der Waals surface area contributed by atoms with Crippen molar-refractivity contribution in [2.75, 3.05) is 13.4 Å². The molecule has 1 saturated heterocycles. The van der Waals surface area contributed by atoms with Gasteiger partial charge in [-0.3, -0.25) is 14.4 Å². The zero-order valence-corrected chi connectivity index (χ0v) is 15.0. The van der Waals surface area contributed by atoms with Crippen LogP contribution in [0, 0.1) is 11.8 Å². The number of hydrogen-bond donors (Lipinski definition) is 0. The SMILES string of the molecule is CC(=O)Oc1ccc([C@@H]2c3cc4c(cc3C(=O)[C@@H]3COC(=O)[C@@H]23)OCO4)cc1. The number of Topliss-reactive ketones (excluding diaryl/α,β-unsaturated/α-hetero) is 1. The highest BCUT2D eigenvalue weighted by Gasteiger charge is 2.52. The van der Waals surface area contributed by atoms with Gasteiger partial charge in [-0.05, 0) is 35.4 Å². The summed E-state index contributed by atoms with van der Waals surface area (Å²) in [6.45, 7) is 1.51. The van der Waals surface area contributed by atoms with Crippen molar-refractivity contribution in [2.45, 2.75) is 12.8 Å². The predicted molar refractivity (Wildman–Crippen MR) is 94.4 cm³/mol. The molecule has 0 saturated carbocycles. The van der Waals surface area contributed by atoms with Crippen LogP contribution >= 0.6 is 0 Å². The minimum Gasteiger partial charge on any atom is -0.465 e. The zero-order chi connectivity index (χ0) is 19.4. The first-order chi connectivity index (χ1) is 13.5. The van der Waals surface area contributed by atoms with Crippen molar-refractivity contribution in [1.29, 1.82) is 0 Å². The molecule has 5 rings (SSSR count). The number of esters is 2. The molecule has 0 bridgehead atoms. The minimum atomic E-state index is -0.597. The van der Waals surface area contributed by atoms with Gasteiger partial charge in [-0.1, -0.05) is 12.1 Å². The number of carbonyl (C=O) groups is 3. The van der Waals surface area contributed by atoms with E-state index >= 15 is 0 Å². The lowest BCUT2D eigenvalue weighted by molar-refractivity contribution is -0.141. The van der Waals surface area contributed by atoms with Gasteiger partial charge in [0.15, 0.2) is 17.3 Å². The van der Waals surface area contributed by atoms with Gasteiger partial charge in [0.2, 0.25) is 6.79 Å². The summed E-state index contributed by atoms with van der Waals surface area (Å²) in [5.41, 5.74) is 2.07. The lowest BCUT2D eigenvalue weighted by Crippen LogP contribution is -2.36. The number of rotatable bonds is 2. The fourth-order valence-electron chi connectivity index (χ4n) is 4.26. The molecule has 28 heavy (non-hydrogen) atoms. The Morgan fingerprint density at radius 1 is 1.04 bits per heavy atom. The van der Waals surface area contributed by atoms with Crippen LogP contribution in [0.2, 0.25) is 0 Å². The molecule has 7 nitrogen and oxygen atoms in total. The van der Waals surface area contributed by atoms with Crippen LogP contribution < -0.4 is 14.2 Å². The summed E-state index contributed by atoms with van der Waals surface area (Å²) in [6, 6.07) is 10.4. The number of fused-ring (bicyclic) bond motifs is 3. The Balaban J connectivity index is 1.64. The molecule has 2 aromatic carbocycles. The van der Waals surface area contributed by atoms with Crippen LogP contribution in [-0.2, 0) is 14.3 Å². The molecular weight excluding hydrogens is 364 g/mol. The molecule has 0 radical (unpaired) electrons. The first kappa shape index (κ1) is 16.8. The lowest BCUT2D eigenvalue weighted by Gasteiger charge is -2.32. The van der Waals surface area contributed by atoms with Crippen LogP contribution in [-0.4, -0.2) is 31.1 Å². The van der Waals surface area contributed by atoms with Gasteiger partial charge in [0.25, 0.3) is 0 Å². The molecule has 1 fully saturated rings. The highest BCUT2D eigenvalue weighted by Crippen LogP contribution is 2.50. The number of benzene rings is 2. The quantitative estimate of drug-likeness (QED) is 0.584. The zero-order valence-electron chi connectivity index (χ0n) is 15.0. The topological polar surface area (TPSA) is 88.1 Å². The number of carbonyl (C=O) groups excluding carboxylic acids is 3. The summed E-state index contributed by atoms with van der Waals surface area (Å²) in [5.74, 6) is -0.898. The van der Waals surface area contributed by atoms with Gasteiger partial charge in [-0.2, -0.15) is 0 Å². The van der Waals surface area contributed by atoms with Crippen LogP contribution in [0.3, 0.4) is 0 Å². The van der Waals surface area contributed by atoms with E-state index in [2.05, 4.69) is 0 Å². The van der Waals surface area contributed by atoms with Gasteiger partial charge in [0, 0.05) is 18.4 Å². The summed E-state index contributed by atoms with van der Waals surface area (Å²) in [6.07, 6.45) is 0. The largest absolute Gasteiger partial charge is 0.465 e. The van der Waals surface area contributed by atoms with Crippen LogP contribution in [0.15, 0.2) is 36.4 Å². The molecule has 142 valence electrons. The van der Waals surface area contributed by atoms with E-state index < -0.39 is 17.8 Å². The van der Waals surface area contributed by atoms with Crippen LogP contribution in [0.4, 0.5) is 0 Å². The second-order valence-corrected chi connectivity index (χ2v) is 7.06. The van der Waals surface area contributed by atoms with Gasteiger partial charge in [0.1, 0.15) is 12.4 Å². The number of hydrogen-bond acceptors (Lipinski definition) is 7. The van der Waals surface area contributed by atoms with E-state index in [1.807, 2.05) is 0 Å². The van der Waals surface area contributed by atoms with Crippen molar-refractivity contribution in [3.8, 4) is 17.2 Å². The molecule has 2 aliphatic heterocycles. The second kappa shape index (κ2) is 6.09. The Morgan fingerprint density at radius 2 is 1.75 bits per heavy atom. The maximum atomic E-state index is 13.0. The van der Waals surface area contributed by atoms with E-state index in [1.54, 1.807) is 36.4 Å². The summed E-state index contributed by atoms with van der Waals surface area (Å²) >= 11 is 0. The van der Waals surface area contributed by atoms with Crippen LogP contribution in [0.5, 0.6) is 17.2 Å². The molecule has 1 aliphatic carbocycles. The highest BCUT2D eigenvalue weighted by atomic mass is 16.7. The number of cyclic esters (lactones) is 1. The Morgan fingerprint density at radius 3 is 2.46 bits per heavy atom. The molecule has 0 amide bonds. The van der Waals surface area contributed by atoms with E-state index in [4.69, 9.17) is 18.9 Å². The highest BCUT2D eigenvalue weighted by molar-refractivity contribution is 6.05. The minimum absolute atomic E-state index is 0.0816. The number of ketones is 1. The average molecular weight is 380 g/mol. The van der Waals surface area contributed by atoms with Crippen molar-refractivity contribution in [3.05, 3.63) is 53.1 Å². The van der Waals surface area contributed by atoms with Crippen molar-refractivity contribution in [1.82, 2.24) is 0 Å². The summed E-state index contributed by atoms with van der Waals surface area (Å²) < 4.78 is 21.2.